The summed E-state index contributed by atoms with van der Waals surface area (Å²) in [6, 6.07) is 13.1. The van der Waals surface area contributed by atoms with E-state index in [1.54, 1.807) is 50.2 Å². The van der Waals surface area contributed by atoms with Crippen molar-refractivity contribution in [3.05, 3.63) is 59.4 Å². The fraction of sp³-hybridized carbons (Fsp3) is 0.176. The second-order valence-electron chi connectivity index (χ2n) is 4.82. The van der Waals surface area contributed by atoms with Gasteiger partial charge < -0.3 is 10.1 Å². The van der Waals surface area contributed by atoms with Gasteiger partial charge in [-0.3, -0.25) is 4.79 Å². The molecule has 0 bridgehead atoms. The van der Waals surface area contributed by atoms with E-state index in [4.69, 9.17) is 10.00 Å². The molecule has 0 aliphatic rings. The minimum Gasteiger partial charge on any atom is -0.480 e. The fourth-order valence-corrected chi connectivity index (χ4v) is 1.82. The van der Waals surface area contributed by atoms with Gasteiger partial charge in [-0.2, -0.15) is 5.26 Å². The zero-order valence-electron chi connectivity index (χ0n) is 12.3. The smallest absolute Gasteiger partial charge is 0.265 e. The average Bonchev–Trinajstić information content (AvgIpc) is 2.51. The number of benzene rings is 2. The van der Waals surface area contributed by atoms with Crippen molar-refractivity contribution in [2.24, 2.45) is 0 Å². The molecule has 0 heterocycles. The Morgan fingerprint density at radius 3 is 2.73 bits per heavy atom. The number of nitrogens with one attached hydrogen (secondary N) is 1. The van der Waals surface area contributed by atoms with Crippen LogP contribution in [0.15, 0.2) is 42.5 Å². The first-order valence-corrected chi connectivity index (χ1v) is 6.74. The molecule has 1 N–H and O–H groups in total. The molecule has 5 heteroatoms. The van der Waals surface area contributed by atoms with Crippen LogP contribution >= 0.6 is 0 Å². The SMILES string of the molecule is Cc1ccc(NC(=O)C(C)Oc2ccccc2C#N)cc1F. The highest BCUT2D eigenvalue weighted by Gasteiger charge is 2.16. The van der Waals surface area contributed by atoms with Crippen molar-refractivity contribution in [3.8, 4) is 11.8 Å². The summed E-state index contributed by atoms with van der Waals surface area (Å²) < 4.78 is 19.0. The lowest BCUT2D eigenvalue weighted by Gasteiger charge is -2.15. The number of amides is 1. The molecular formula is C17H15FN2O2. The number of aryl methyl sites for hydroxylation is 1. The lowest BCUT2D eigenvalue weighted by molar-refractivity contribution is -0.122. The maximum absolute atomic E-state index is 13.5. The predicted octanol–water partition coefficient (Wildman–Crippen LogP) is 3.41. The standard InChI is InChI=1S/C17H15FN2O2/c1-11-7-8-14(9-15(11)18)20-17(21)12(2)22-16-6-4-3-5-13(16)10-19/h3-9,12H,1-2H3,(H,20,21). The topological polar surface area (TPSA) is 62.1 Å². The van der Waals surface area contributed by atoms with Gasteiger partial charge in [-0.25, -0.2) is 4.39 Å². The summed E-state index contributed by atoms with van der Waals surface area (Å²) in [6.45, 7) is 3.21. The van der Waals surface area contributed by atoms with Gasteiger partial charge in [0, 0.05) is 5.69 Å². The minimum atomic E-state index is -0.820. The number of nitrogens with zero attached hydrogens (tertiary/aromatic N) is 1. The Hall–Kier alpha value is -2.87. The van der Waals surface area contributed by atoms with E-state index in [1.165, 1.54) is 6.07 Å². The van der Waals surface area contributed by atoms with Gasteiger partial charge in [-0.1, -0.05) is 18.2 Å². The number of carbonyl (C=O) groups is 1. The van der Waals surface area contributed by atoms with Gasteiger partial charge in [0.1, 0.15) is 17.6 Å². The highest BCUT2D eigenvalue weighted by atomic mass is 19.1. The molecule has 2 aromatic rings. The molecule has 0 aliphatic carbocycles. The Morgan fingerprint density at radius 2 is 2.05 bits per heavy atom. The highest BCUT2D eigenvalue weighted by molar-refractivity contribution is 5.94. The van der Waals surface area contributed by atoms with Crippen LogP contribution in [0.25, 0.3) is 0 Å². The number of carbonyl (C=O) groups excluding carboxylic acids is 1. The molecule has 0 radical (unpaired) electrons. The van der Waals surface area contributed by atoms with Crippen LogP contribution in [0.2, 0.25) is 0 Å². The molecule has 1 atom stereocenters. The Kier molecular flexibility index (Phi) is 4.74. The van der Waals surface area contributed by atoms with Crippen LogP contribution in [0.4, 0.5) is 10.1 Å². The van der Waals surface area contributed by atoms with E-state index in [0.29, 0.717) is 22.6 Å². The molecule has 0 saturated heterocycles. The third-order valence-electron chi connectivity index (χ3n) is 3.12. The molecule has 1 amide bonds. The van der Waals surface area contributed by atoms with E-state index >= 15 is 0 Å². The summed E-state index contributed by atoms with van der Waals surface area (Å²) in [5.41, 5.74) is 1.21. The van der Waals surface area contributed by atoms with E-state index < -0.39 is 12.0 Å². The van der Waals surface area contributed by atoms with Gasteiger partial charge in [-0.15, -0.1) is 0 Å². The van der Waals surface area contributed by atoms with E-state index in [1.807, 2.05) is 6.07 Å². The molecule has 2 aromatic carbocycles. The molecule has 1 unspecified atom stereocenters. The second kappa shape index (κ2) is 6.72. The van der Waals surface area contributed by atoms with Gasteiger partial charge in [0.05, 0.1) is 5.56 Å². The average molecular weight is 298 g/mol. The largest absolute Gasteiger partial charge is 0.480 e. The number of hydrogen-bond acceptors (Lipinski definition) is 3. The molecule has 22 heavy (non-hydrogen) atoms. The normalized spacial score (nSPS) is 11.4. The summed E-state index contributed by atoms with van der Waals surface area (Å²) in [5, 5.41) is 11.6. The van der Waals surface area contributed by atoms with Crippen molar-refractivity contribution in [1.82, 2.24) is 0 Å². The van der Waals surface area contributed by atoms with Crippen LogP contribution in [0, 0.1) is 24.1 Å². The summed E-state index contributed by atoms with van der Waals surface area (Å²) in [7, 11) is 0. The van der Waals surface area contributed by atoms with E-state index in [-0.39, 0.29) is 5.82 Å². The van der Waals surface area contributed by atoms with Crippen molar-refractivity contribution in [2.75, 3.05) is 5.32 Å². The van der Waals surface area contributed by atoms with Crippen molar-refractivity contribution < 1.29 is 13.9 Å². The summed E-state index contributed by atoms with van der Waals surface area (Å²) in [5.74, 6) is -0.472. The molecule has 2 rings (SSSR count). The van der Waals surface area contributed by atoms with Gasteiger partial charge in [0.2, 0.25) is 0 Å². The first-order chi connectivity index (χ1) is 10.5. The molecule has 0 aliphatic heterocycles. The minimum absolute atomic E-state index is 0.336. The van der Waals surface area contributed by atoms with Crippen LogP contribution in [-0.4, -0.2) is 12.0 Å². The maximum Gasteiger partial charge on any atom is 0.265 e. The number of anilines is 1. The summed E-state index contributed by atoms with van der Waals surface area (Å²) >= 11 is 0. The van der Waals surface area contributed by atoms with Crippen molar-refractivity contribution >= 4 is 11.6 Å². The number of ether oxygens (including phenoxy) is 1. The summed E-state index contributed by atoms with van der Waals surface area (Å²) in [6.07, 6.45) is -0.820. The van der Waals surface area contributed by atoms with E-state index in [9.17, 15) is 9.18 Å². The van der Waals surface area contributed by atoms with Crippen LogP contribution in [0.5, 0.6) is 5.75 Å². The number of halogens is 1. The molecule has 0 spiro atoms. The Morgan fingerprint density at radius 1 is 1.32 bits per heavy atom. The number of nitriles is 1. The van der Waals surface area contributed by atoms with Crippen LogP contribution in [0.1, 0.15) is 18.1 Å². The Balaban J connectivity index is 2.06. The van der Waals surface area contributed by atoms with Crippen LogP contribution < -0.4 is 10.1 Å². The van der Waals surface area contributed by atoms with Gasteiger partial charge in [0.15, 0.2) is 6.10 Å². The van der Waals surface area contributed by atoms with Gasteiger partial charge in [0.25, 0.3) is 5.91 Å². The lowest BCUT2D eigenvalue weighted by Crippen LogP contribution is -2.30. The zero-order valence-corrected chi connectivity index (χ0v) is 12.3. The van der Waals surface area contributed by atoms with Crippen molar-refractivity contribution in [2.45, 2.75) is 20.0 Å². The highest BCUT2D eigenvalue weighted by Crippen LogP contribution is 2.19. The predicted molar refractivity (Wildman–Crippen MR) is 81.0 cm³/mol. The molecule has 112 valence electrons. The van der Waals surface area contributed by atoms with E-state index in [0.717, 1.165) is 0 Å². The molecule has 0 aromatic heterocycles. The number of para-hydroxylation sites is 1. The van der Waals surface area contributed by atoms with Crippen LogP contribution in [0.3, 0.4) is 0 Å². The first-order valence-electron chi connectivity index (χ1n) is 6.74. The van der Waals surface area contributed by atoms with Crippen LogP contribution in [-0.2, 0) is 4.79 Å². The lowest BCUT2D eigenvalue weighted by atomic mass is 10.2. The Bertz CT molecular complexity index is 738. The number of rotatable bonds is 4. The third kappa shape index (κ3) is 3.61. The maximum atomic E-state index is 13.5. The number of hydrogen-bond donors (Lipinski definition) is 1. The molecule has 0 saturated carbocycles. The zero-order chi connectivity index (χ0) is 16.1. The summed E-state index contributed by atoms with van der Waals surface area (Å²) in [4.78, 5) is 12.1. The van der Waals surface area contributed by atoms with Crippen molar-refractivity contribution in [1.29, 1.82) is 5.26 Å². The Labute approximate surface area is 128 Å². The molecular weight excluding hydrogens is 283 g/mol. The fourth-order valence-electron chi connectivity index (χ4n) is 1.82. The second-order valence-corrected chi connectivity index (χ2v) is 4.82. The van der Waals surface area contributed by atoms with Crippen molar-refractivity contribution in [3.63, 3.8) is 0 Å². The molecule has 4 nitrogen and oxygen atoms in total. The third-order valence-corrected chi connectivity index (χ3v) is 3.12. The first kappa shape index (κ1) is 15.5. The monoisotopic (exact) mass is 298 g/mol. The molecule has 0 fully saturated rings. The van der Waals surface area contributed by atoms with Gasteiger partial charge >= 0.3 is 0 Å². The van der Waals surface area contributed by atoms with Gasteiger partial charge in [-0.05, 0) is 43.7 Å². The van der Waals surface area contributed by atoms with E-state index in [2.05, 4.69) is 5.32 Å². The quantitative estimate of drug-likeness (QED) is 0.940.